The Balaban J connectivity index is 2.02. The fraction of sp³-hybridized carbons (Fsp3) is 0.467. The summed E-state index contributed by atoms with van der Waals surface area (Å²) in [6, 6.07) is 3.55. The van der Waals surface area contributed by atoms with Crippen LogP contribution in [0.25, 0.3) is 0 Å². The van der Waals surface area contributed by atoms with Crippen molar-refractivity contribution in [3.05, 3.63) is 29.6 Å². The normalized spacial score (nSPS) is 19.2. The van der Waals surface area contributed by atoms with Crippen LogP contribution in [0.5, 0.6) is 0 Å². The van der Waals surface area contributed by atoms with Gasteiger partial charge >= 0.3 is 0 Å². The maximum absolute atomic E-state index is 12.1. The predicted molar refractivity (Wildman–Crippen MR) is 74.4 cm³/mol. The number of carbonyl (C=O) groups excluding carboxylic acids is 1. The first kappa shape index (κ1) is 13.6. The van der Waals surface area contributed by atoms with E-state index in [1.807, 2.05) is 0 Å². The zero-order chi connectivity index (χ0) is 13.9. The van der Waals surface area contributed by atoms with Gasteiger partial charge in [0.1, 0.15) is 5.69 Å². The van der Waals surface area contributed by atoms with Crippen molar-refractivity contribution in [2.75, 3.05) is 13.1 Å². The lowest BCUT2D eigenvalue weighted by molar-refractivity contribution is 0.0945. The number of hydrogen-bond acceptors (Lipinski definition) is 3. The first-order valence-electron chi connectivity index (χ1n) is 6.47. The second-order valence-corrected chi connectivity index (χ2v) is 5.51. The lowest BCUT2D eigenvalue weighted by Crippen LogP contribution is -2.28. The molecule has 1 fully saturated rings. The number of rotatable bonds is 3. The minimum absolute atomic E-state index is 0.162. The number of aromatic nitrogens is 1. The Bertz CT molecular complexity index is 540. The van der Waals surface area contributed by atoms with Crippen molar-refractivity contribution in [1.82, 2.24) is 10.3 Å². The molecule has 3 N–H and O–H groups in total. The van der Waals surface area contributed by atoms with Crippen LogP contribution in [0.1, 0.15) is 36.3 Å². The highest BCUT2D eigenvalue weighted by molar-refractivity contribution is 5.94. The summed E-state index contributed by atoms with van der Waals surface area (Å²) in [4.78, 5) is 16.2. The molecule has 0 aromatic carbocycles. The number of nitrogens with two attached hydrogens (primary N) is 1. The number of carbonyl (C=O) groups is 1. The number of nitrogens with one attached hydrogen (secondary N) is 1. The minimum atomic E-state index is -0.162. The number of nitrogens with zero attached hydrogens (tertiary/aromatic N) is 1. The monoisotopic (exact) mass is 257 g/mol. The van der Waals surface area contributed by atoms with Gasteiger partial charge in [0, 0.05) is 12.7 Å². The molecule has 4 nitrogen and oxygen atoms in total. The molecule has 1 unspecified atom stereocenters. The van der Waals surface area contributed by atoms with E-state index < -0.39 is 0 Å². The van der Waals surface area contributed by atoms with Gasteiger partial charge < -0.3 is 11.1 Å². The topological polar surface area (TPSA) is 68.0 Å². The molecule has 1 amide bonds. The molecule has 1 aromatic rings. The Morgan fingerprint density at radius 1 is 1.63 bits per heavy atom. The Morgan fingerprint density at radius 3 is 3.00 bits per heavy atom. The Hall–Kier alpha value is -1.86. The van der Waals surface area contributed by atoms with Gasteiger partial charge in [-0.3, -0.25) is 4.79 Å². The SMILES string of the molecule is CC1(C)CC1CNC(=O)c1ncccc1C#CCN. The highest BCUT2D eigenvalue weighted by atomic mass is 16.1. The van der Waals surface area contributed by atoms with Crippen molar-refractivity contribution < 1.29 is 4.79 Å². The standard InChI is InChI=1S/C15H19N3O/c1-15(2)9-12(15)10-18-14(19)13-11(5-3-7-16)6-4-8-17-13/h4,6,8,12H,7,9-10,16H2,1-2H3,(H,18,19). The molecular formula is C15H19N3O. The van der Waals surface area contributed by atoms with Gasteiger partial charge in [-0.1, -0.05) is 25.7 Å². The number of pyridine rings is 1. The molecule has 0 bridgehead atoms. The molecule has 1 aromatic heterocycles. The summed E-state index contributed by atoms with van der Waals surface area (Å²) < 4.78 is 0. The molecule has 1 atom stereocenters. The largest absolute Gasteiger partial charge is 0.350 e. The van der Waals surface area contributed by atoms with E-state index in [2.05, 4.69) is 36.0 Å². The molecule has 0 spiro atoms. The zero-order valence-electron chi connectivity index (χ0n) is 11.4. The van der Waals surface area contributed by atoms with Crippen molar-refractivity contribution in [2.45, 2.75) is 20.3 Å². The molecule has 1 heterocycles. The van der Waals surface area contributed by atoms with Gasteiger partial charge in [0.05, 0.1) is 12.1 Å². The van der Waals surface area contributed by atoms with E-state index in [1.165, 1.54) is 0 Å². The van der Waals surface area contributed by atoms with E-state index in [1.54, 1.807) is 18.3 Å². The van der Waals surface area contributed by atoms with Crippen LogP contribution in [0, 0.1) is 23.2 Å². The molecule has 1 saturated carbocycles. The average molecular weight is 257 g/mol. The minimum Gasteiger partial charge on any atom is -0.350 e. The van der Waals surface area contributed by atoms with Gasteiger partial charge in [-0.25, -0.2) is 4.98 Å². The van der Waals surface area contributed by atoms with Crippen molar-refractivity contribution in [1.29, 1.82) is 0 Å². The van der Waals surface area contributed by atoms with Gasteiger partial charge in [-0.05, 0) is 29.9 Å². The van der Waals surface area contributed by atoms with Crippen molar-refractivity contribution in [3.63, 3.8) is 0 Å². The van der Waals surface area contributed by atoms with Gasteiger partial charge in [-0.15, -0.1) is 0 Å². The van der Waals surface area contributed by atoms with Crippen LogP contribution in [0.2, 0.25) is 0 Å². The molecule has 4 heteroatoms. The maximum atomic E-state index is 12.1. The smallest absolute Gasteiger partial charge is 0.271 e. The summed E-state index contributed by atoms with van der Waals surface area (Å²) in [6.07, 6.45) is 2.76. The van der Waals surface area contributed by atoms with Crippen LogP contribution in [-0.2, 0) is 0 Å². The Kier molecular flexibility index (Phi) is 3.87. The molecule has 1 aliphatic rings. The first-order valence-corrected chi connectivity index (χ1v) is 6.47. The molecule has 0 aliphatic heterocycles. The summed E-state index contributed by atoms with van der Waals surface area (Å²) in [5, 5.41) is 2.93. The molecular weight excluding hydrogens is 238 g/mol. The first-order chi connectivity index (χ1) is 9.04. The van der Waals surface area contributed by atoms with Crippen molar-refractivity contribution >= 4 is 5.91 Å². The van der Waals surface area contributed by atoms with E-state index in [0.29, 0.717) is 29.1 Å². The molecule has 19 heavy (non-hydrogen) atoms. The third-order valence-electron chi connectivity index (χ3n) is 3.57. The molecule has 0 saturated heterocycles. The number of amides is 1. The van der Waals surface area contributed by atoms with E-state index in [-0.39, 0.29) is 12.5 Å². The summed E-state index contributed by atoms with van der Waals surface area (Å²) in [6.45, 7) is 5.39. The highest BCUT2D eigenvalue weighted by Crippen LogP contribution is 2.50. The highest BCUT2D eigenvalue weighted by Gasteiger charge is 2.45. The van der Waals surface area contributed by atoms with Crippen LogP contribution >= 0.6 is 0 Å². The van der Waals surface area contributed by atoms with Crippen molar-refractivity contribution in [2.24, 2.45) is 17.1 Å². The average Bonchev–Trinajstić information content (AvgIpc) is 3.01. The quantitative estimate of drug-likeness (QED) is 0.799. The second kappa shape index (κ2) is 5.41. The zero-order valence-corrected chi connectivity index (χ0v) is 11.4. The Morgan fingerprint density at radius 2 is 2.37 bits per heavy atom. The van der Waals surface area contributed by atoms with E-state index >= 15 is 0 Å². The third-order valence-corrected chi connectivity index (χ3v) is 3.57. The van der Waals surface area contributed by atoms with Gasteiger partial charge in [0.15, 0.2) is 0 Å². The van der Waals surface area contributed by atoms with Crippen LogP contribution in [0.15, 0.2) is 18.3 Å². The summed E-state index contributed by atoms with van der Waals surface area (Å²) >= 11 is 0. The number of hydrogen-bond donors (Lipinski definition) is 2. The van der Waals surface area contributed by atoms with Crippen LogP contribution < -0.4 is 11.1 Å². The predicted octanol–water partition coefficient (Wildman–Crippen LogP) is 1.17. The second-order valence-electron chi connectivity index (χ2n) is 5.51. The van der Waals surface area contributed by atoms with Gasteiger partial charge in [0.25, 0.3) is 5.91 Å². The molecule has 2 rings (SSSR count). The molecule has 1 aliphatic carbocycles. The van der Waals surface area contributed by atoms with Crippen LogP contribution in [0.4, 0.5) is 0 Å². The molecule has 100 valence electrons. The van der Waals surface area contributed by atoms with Crippen molar-refractivity contribution in [3.8, 4) is 11.8 Å². The van der Waals surface area contributed by atoms with E-state index in [9.17, 15) is 4.79 Å². The van der Waals surface area contributed by atoms with Gasteiger partial charge in [0.2, 0.25) is 0 Å². The fourth-order valence-corrected chi connectivity index (χ4v) is 2.06. The maximum Gasteiger partial charge on any atom is 0.271 e. The summed E-state index contributed by atoms with van der Waals surface area (Å²) in [7, 11) is 0. The molecule has 0 radical (unpaired) electrons. The van der Waals surface area contributed by atoms with E-state index in [0.717, 1.165) is 6.42 Å². The lowest BCUT2D eigenvalue weighted by atomic mass is 10.1. The van der Waals surface area contributed by atoms with Crippen LogP contribution in [0.3, 0.4) is 0 Å². The Labute approximate surface area is 113 Å². The summed E-state index contributed by atoms with van der Waals surface area (Å²) in [5.74, 6) is 6.03. The van der Waals surface area contributed by atoms with Crippen LogP contribution in [-0.4, -0.2) is 24.0 Å². The van der Waals surface area contributed by atoms with E-state index in [4.69, 9.17) is 5.73 Å². The fourth-order valence-electron chi connectivity index (χ4n) is 2.06. The third kappa shape index (κ3) is 3.33. The lowest BCUT2D eigenvalue weighted by Gasteiger charge is -2.07. The summed E-state index contributed by atoms with van der Waals surface area (Å²) in [5.41, 5.74) is 6.71. The van der Waals surface area contributed by atoms with Gasteiger partial charge in [-0.2, -0.15) is 0 Å².